The van der Waals surface area contributed by atoms with Crippen molar-refractivity contribution >= 4 is 11.6 Å². The van der Waals surface area contributed by atoms with Gasteiger partial charge in [-0.25, -0.2) is 0 Å². The summed E-state index contributed by atoms with van der Waals surface area (Å²) in [6.45, 7) is 2.61. The van der Waals surface area contributed by atoms with Crippen molar-refractivity contribution < 1.29 is 9.53 Å². The number of para-hydroxylation sites is 1. The van der Waals surface area contributed by atoms with Gasteiger partial charge in [0.2, 0.25) is 0 Å². The third-order valence-corrected chi connectivity index (χ3v) is 4.00. The molecule has 120 valence electrons. The first kappa shape index (κ1) is 15.7. The minimum absolute atomic E-state index is 0.0272. The molecular formula is C19H22N2O2. The predicted octanol–water partition coefficient (Wildman–Crippen LogP) is 2.25. The fourth-order valence-corrected chi connectivity index (χ4v) is 2.76. The molecule has 0 spiro atoms. The smallest absolute Gasteiger partial charge is 0.257 e. The van der Waals surface area contributed by atoms with Crippen LogP contribution in [-0.2, 0) is 16.0 Å². The molecule has 4 nitrogen and oxygen atoms in total. The van der Waals surface area contributed by atoms with Gasteiger partial charge in [-0.1, -0.05) is 48.5 Å². The molecule has 1 unspecified atom stereocenters. The van der Waals surface area contributed by atoms with E-state index in [0.29, 0.717) is 19.7 Å². The molecule has 1 fully saturated rings. The largest absolute Gasteiger partial charge is 0.366 e. The van der Waals surface area contributed by atoms with Crippen LogP contribution in [0.3, 0.4) is 0 Å². The lowest BCUT2D eigenvalue weighted by Crippen LogP contribution is -2.50. The number of hydrogen-bond donors (Lipinski definition) is 1. The first-order chi connectivity index (χ1) is 11.3. The van der Waals surface area contributed by atoms with Gasteiger partial charge < -0.3 is 15.0 Å². The van der Waals surface area contributed by atoms with Gasteiger partial charge in [0.25, 0.3) is 5.91 Å². The fourth-order valence-electron chi connectivity index (χ4n) is 2.76. The number of benzene rings is 2. The average molecular weight is 310 g/mol. The number of nitrogens with zero attached hydrogens (tertiary/aromatic N) is 1. The molecule has 1 aliphatic heterocycles. The lowest BCUT2D eigenvalue weighted by molar-refractivity contribution is -0.131. The second-order valence-electron chi connectivity index (χ2n) is 5.62. The molecule has 0 aromatic heterocycles. The van der Waals surface area contributed by atoms with Crippen LogP contribution in [0, 0.1) is 0 Å². The van der Waals surface area contributed by atoms with Crippen LogP contribution in [0.15, 0.2) is 60.7 Å². The van der Waals surface area contributed by atoms with E-state index in [4.69, 9.17) is 4.74 Å². The second-order valence-corrected chi connectivity index (χ2v) is 5.62. The predicted molar refractivity (Wildman–Crippen MR) is 91.6 cm³/mol. The lowest BCUT2D eigenvalue weighted by Gasteiger charge is -2.30. The number of carbonyl (C=O) groups is 1. The summed E-state index contributed by atoms with van der Waals surface area (Å²) < 4.78 is 5.64. The molecule has 0 radical (unpaired) electrons. The molecule has 0 aliphatic carbocycles. The zero-order chi connectivity index (χ0) is 15.9. The summed E-state index contributed by atoms with van der Waals surface area (Å²) in [7, 11) is 0. The number of ether oxygens (including phenoxy) is 1. The maximum absolute atomic E-state index is 12.9. The second kappa shape index (κ2) is 7.90. The standard InChI is InChI=1S/C19H22N2O2/c22-19(18-15-20-12-14-23-18)21(17-9-5-2-6-10-17)13-11-16-7-3-1-4-8-16/h1-10,18,20H,11-15H2. The third-order valence-electron chi connectivity index (χ3n) is 4.00. The molecule has 0 bridgehead atoms. The zero-order valence-electron chi connectivity index (χ0n) is 13.2. The van der Waals surface area contributed by atoms with Crippen LogP contribution in [0.2, 0.25) is 0 Å². The van der Waals surface area contributed by atoms with Crippen LogP contribution >= 0.6 is 0 Å². The van der Waals surface area contributed by atoms with Gasteiger partial charge in [0, 0.05) is 25.3 Å². The van der Waals surface area contributed by atoms with Crippen LogP contribution < -0.4 is 10.2 Å². The van der Waals surface area contributed by atoms with Gasteiger partial charge in [-0.2, -0.15) is 0 Å². The number of anilines is 1. The van der Waals surface area contributed by atoms with E-state index in [1.165, 1.54) is 5.56 Å². The molecule has 2 aromatic carbocycles. The third kappa shape index (κ3) is 4.18. The van der Waals surface area contributed by atoms with E-state index in [-0.39, 0.29) is 5.91 Å². The van der Waals surface area contributed by atoms with E-state index in [2.05, 4.69) is 17.4 Å². The van der Waals surface area contributed by atoms with Gasteiger partial charge in [0.15, 0.2) is 0 Å². The number of amides is 1. The zero-order valence-corrected chi connectivity index (χ0v) is 13.2. The van der Waals surface area contributed by atoms with Crippen LogP contribution in [0.1, 0.15) is 5.56 Å². The van der Waals surface area contributed by atoms with E-state index < -0.39 is 6.10 Å². The molecule has 3 rings (SSSR count). The highest BCUT2D eigenvalue weighted by atomic mass is 16.5. The first-order valence-corrected chi connectivity index (χ1v) is 8.07. The number of nitrogens with one attached hydrogen (secondary N) is 1. The Morgan fingerprint density at radius 3 is 2.43 bits per heavy atom. The highest BCUT2D eigenvalue weighted by Crippen LogP contribution is 2.17. The maximum Gasteiger partial charge on any atom is 0.257 e. The van der Waals surface area contributed by atoms with Crippen LogP contribution in [-0.4, -0.2) is 38.3 Å². The maximum atomic E-state index is 12.9. The van der Waals surface area contributed by atoms with Crippen molar-refractivity contribution in [2.24, 2.45) is 0 Å². The number of morpholine rings is 1. The summed E-state index contributed by atoms with van der Waals surface area (Å²) in [5, 5.41) is 3.22. The van der Waals surface area contributed by atoms with Crippen molar-refractivity contribution in [1.82, 2.24) is 5.32 Å². The van der Waals surface area contributed by atoms with E-state index in [1.807, 2.05) is 53.4 Å². The fraction of sp³-hybridized carbons (Fsp3) is 0.316. The number of hydrogen-bond acceptors (Lipinski definition) is 3. The number of carbonyl (C=O) groups excluding carboxylic acids is 1. The average Bonchev–Trinajstić information content (AvgIpc) is 2.64. The van der Waals surface area contributed by atoms with Crippen molar-refractivity contribution in [2.45, 2.75) is 12.5 Å². The Balaban J connectivity index is 1.74. The summed E-state index contributed by atoms with van der Waals surface area (Å²) in [4.78, 5) is 14.7. The molecule has 23 heavy (non-hydrogen) atoms. The van der Waals surface area contributed by atoms with Crippen molar-refractivity contribution in [3.63, 3.8) is 0 Å². The Bertz CT molecular complexity index is 610. The summed E-state index contributed by atoms with van der Waals surface area (Å²) in [6, 6.07) is 20.1. The van der Waals surface area contributed by atoms with E-state index >= 15 is 0 Å². The Morgan fingerprint density at radius 1 is 1.09 bits per heavy atom. The summed E-state index contributed by atoms with van der Waals surface area (Å²) in [5.74, 6) is 0.0272. The van der Waals surface area contributed by atoms with Crippen LogP contribution in [0.4, 0.5) is 5.69 Å². The highest BCUT2D eigenvalue weighted by Gasteiger charge is 2.27. The topological polar surface area (TPSA) is 41.6 Å². The summed E-state index contributed by atoms with van der Waals surface area (Å²) >= 11 is 0. The number of rotatable bonds is 5. The molecule has 1 atom stereocenters. The van der Waals surface area contributed by atoms with Gasteiger partial charge >= 0.3 is 0 Å². The molecule has 1 saturated heterocycles. The molecule has 1 heterocycles. The Hall–Kier alpha value is -2.17. The Morgan fingerprint density at radius 2 is 1.78 bits per heavy atom. The summed E-state index contributed by atoms with van der Waals surface area (Å²) in [6.07, 6.45) is 0.418. The quantitative estimate of drug-likeness (QED) is 0.921. The van der Waals surface area contributed by atoms with E-state index in [0.717, 1.165) is 18.7 Å². The molecular weight excluding hydrogens is 288 g/mol. The van der Waals surface area contributed by atoms with Gasteiger partial charge in [-0.15, -0.1) is 0 Å². The normalized spacial score (nSPS) is 17.7. The molecule has 4 heteroatoms. The molecule has 1 N–H and O–H groups in total. The van der Waals surface area contributed by atoms with Crippen molar-refractivity contribution in [2.75, 3.05) is 31.1 Å². The molecule has 0 saturated carbocycles. The molecule has 2 aromatic rings. The van der Waals surface area contributed by atoms with E-state index in [9.17, 15) is 4.79 Å². The van der Waals surface area contributed by atoms with Gasteiger partial charge in [0.1, 0.15) is 6.10 Å². The van der Waals surface area contributed by atoms with Gasteiger partial charge in [0.05, 0.1) is 6.61 Å². The van der Waals surface area contributed by atoms with Crippen molar-refractivity contribution in [3.8, 4) is 0 Å². The molecule has 1 aliphatic rings. The minimum atomic E-state index is -0.403. The monoisotopic (exact) mass is 310 g/mol. The SMILES string of the molecule is O=C(C1CNCCO1)N(CCc1ccccc1)c1ccccc1. The van der Waals surface area contributed by atoms with Crippen LogP contribution in [0.5, 0.6) is 0 Å². The molecule has 1 amide bonds. The van der Waals surface area contributed by atoms with Gasteiger partial charge in [-0.3, -0.25) is 4.79 Å². The minimum Gasteiger partial charge on any atom is -0.366 e. The first-order valence-electron chi connectivity index (χ1n) is 8.07. The highest BCUT2D eigenvalue weighted by molar-refractivity contribution is 5.96. The summed E-state index contributed by atoms with van der Waals surface area (Å²) in [5.41, 5.74) is 2.14. The van der Waals surface area contributed by atoms with Crippen LogP contribution in [0.25, 0.3) is 0 Å². The lowest BCUT2D eigenvalue weighted by atomic mass is 10.1. The van der Waals surface area contributed by atoms with E-state index in [1.54, 1.807) is 0 Å². The van der Waals surface area contributed by atoms with Crippen molar-refractivity contribution in [1.29, 1.82) is 0 Å². The Labute approximate surface area is 137 Å². The Kier molecular flexibility index (Phi) is 5.40. The van der Waals surface area contributed by atoms with Crippen molar-refractivity contribution in [3.05, 3.63) is 66.2 Å². The van der Waals surface area contributed by atoms with Gasteiger partial charge in [-0.05, 0) is 24.1 Å².